The molecule has 0 fully saturated rings. The predicted octanol–water partition coefficient (Wildman–Crippen LogP) is 4.50. The smallest absolute Gasteiger partial charge is 0.154 e. The normalized spacial score (nSPS) is 10.7. The number of aryl methyl sites for hydroxylation is 1. The van der Waals surface area contributed by atoms with E-state index in [-0.39, 0.29) is 0 Å². The Bertz CT molecular complexity index is 606. The van der Waals surface area contributed by atoms with Gasteiger partial charge >= 0.3 is 0 Å². The van der Waals surface area contributed by atoms with Crippen molar-refractivity contribution < 1.29 is 9.47 Å². The van der Waals surface area contributed by atoms with Crippen LogP contribution in [0.3, 0.4) is 0 Å². The molecule has 2 aromatic rings. The maximum absolute atomic E-state index is 5.97. The van der Waals surface area contributed by atoms with Crippen LogP contribution in [-0.2, 0) is 0 Å². The monoisotopic (exact) mass is 271 g/mol. The quantitative estimate of drug-likeness (QED) is 0.832. The van der Waals surface area contributed by atoms with E-state index >= 15 is 0 Å². The van der Waals surface area contributed by atoms with Crippen LogP contribution in [0.4, 0.5) is 5.69 Å². The maximum atomic E-state index is 5.97. The lowest BCUT2D eigenvalue weighted by Gasteiger charge is -2.14. The minimum atomic E-state index is 0.459. The number of nitrogens with two attached hydrogens (primary N) is 1. The first-order valence-electron chi connectivity index (χ1n) is 6.73. The lowest BCUT2D eigenvalue weighted by molar-refractivity contribution is 0.409. The number of benzene rings is 2. The van der Waals surface area contributed by atoms with Crippen molar-refractivity contribution in [2.24, 2.45) is 0 Å². The molecule has 2 rings (SSSR count). The molecule has 0 aromatic heterocycles. The number of anilines is 1. The molecule has 0 atom stereocenters. The van der Waals surface area contributed by atoms with E-state index in [0.717, 1.165) is 17.1 Å². The van der Waals surface area contributed by atoms with Gasteiger partial charge in [0.05, 0.1) is 12.8 Å². The fourth-order valence-electron chi connectivity index (χ4n) is 1.93. The molecule has 0 amide bonds. The Balaban J connectivity index is 2.36. The Hall–Kier alpha value is -2.16. The molecule has 3 nitrogen and oxygen atoms in total. The fourth-order valence-corrected chi connectivity index (χ4v) is 1.93. The van der Waals surface area contributed by atoms with Crippen molar-refractivity contribution in [3.05, 3.63) is 47.5 Å². The van der Waals surface area contributed by atoms with E-state index in [2.05, 4.69) is 32.0 Å². The summed E-state index contributed by atoms with van der Waals surface area (Å²) >= 11 is 0. The average Bonchev–Trinajstić information content (AvgIpc) is 2.43. The predicted molar refractivity (Wildman–Crippen MR) is 82.7 cm³/mol. The summed E-state index contributed by atoms with van der Waals surface area (Å²) in [7, 11) is 1.62. The van der Waals surface area contributed by atoms with Crippen molar-refractivity contribution in [3.8, 4) is 17.2 Å². The van der Waals surface area contributed by atoms with Crippen LogP contribution in [0.5, 0.6) is 17.2 Å². The van der Waals surface area contributed by atoms with Gasteiger partial charge in [-0.1, -0.05) is 26.0 Å². The van der Waals surface area contributed by atoms with Crippen molar-refractivity contribution in [3.63, 3.8) is 0 Å². The van der Waals surface area contributed by atoms with E-state index in [0.29, 0.717) is 17.4 Å². The van der Waals surface area contributed by atoms with Gasteiger partial charge in [-0.3, -0.25) is 0 Å². The summed E-state index contributed by atoms with van der Waals surface area (Å²) in [6.45, 7) is 6.35. The van der Waals surface area contributed by atoms with E-state index in [9.17, 15) is 0 Å². The molecule has 0 heterocycles. The zero-order chi connectivity index (χ0) is 14.7. The summed E-state index contributed by atoms with van der Waals surface area (Å²) in [5, 5.41) is 0. The number of nitrogen functional groups attached to an aromatic ring is 1. The van der Waals surface area contributed by atoms with Crippen molar-refractivity contribution in [1.82, 2.24) is 0 Å². The first-order valence-corrected chi connectivity index (χ1v) is 6.73. The van der Waals surface area contributed by atoms with E-state index in [1.807, 2.05) is 13.0 Å². The Morgan fingerprint density at radius 1 is 1.00 bits per heavy atom. The molecule has 0 aliphatic rings. The van der Waals surface area contributed by atoms with Gasteiger partial charge in [0.15, 0.2) is 5.75 Å². The molecule has 0 radical (unpaired) electrons. The van der Waals surface area contributed by atoms with Crippen LogP contribution < -0.4 is 15.2 Å². The number of methoxy groups -OCH3 is 1. The molecule has 0 aliphatic carbocycles. The van der Waals surface area contributed by atoms with Crippen LogP contribution in [0.15, 0.2) is 36.4 Å². The van der Waals surface area contributed by atoms with Gasteiger partial charge in [-0.05, 0) is 42.2 Å². The number of hydrogen-bond acceptors (Lipinski definition) is 3. The van der Waals surface area contributed by atoms with Gasteiger partial charge < -0.3 is 15.2 Å². The summed E-state index contributed by atoms with van der Waals surface area (Å²) in [6.07, 6.45) is 0. The second-order valence-corrected chi connectivity index (χ2v) is 5.19. The standard InChI is InChI=1S/C17H21NO2/c1-11(2)13-6-5-12(3)16(9-13)20-17-10-14(19-4)7-8-15(17)18/h5-11H,18H2,1-4H3. The number of hydrogen-bond donors (Lipinski definition) is 1. The van der Waals surface area contributed by atoms with E-state index in [4.69, 9.17) is 15.2 Å². The van der Waals surface area contributed by atoms with Gasteiger partial charge in [-0.25, -0.2) is 0 Å². The molecule has 0 saturated heterocycles. The highest BCUT2D eigenvalue weighted by molar-refractivity contribution is 5.57. The molecular weight excluding hydrogens is 250 g/mol. The molecule has 2 aromatic carbocycles. The SMILES string of the molecule is COc1ccc(N)c(Oc2cc(C(C)C)ccc2C)c1. The molecule has 3 heteroatoms. The fraction of sp³-hybridized carbons (Fsp3) is 0.294. The highest BCUT2D eigenvalue weighted by atomic mass is 16.5. The lowest BCUT2D eigenvalue weighted by atomic mass is 10.0. The van der Waals surface area contributed by atoms with Crippen molar-refractivity contribution in [1.29, 1.82) is 0 Å². The lowest BCUT2D eigenvalue weighted by Crippen LogP contribution is -1.96. The van der Waals surface area contributed by atoms with E-state index in [1.54, 1.807) is 19.2 Å². The Morgan fingerprint density at radius 2 is 1.75 bits per heavy atom. The number of ether oxygens (including phenoxy) is 2. The van der Waals surface area contributed by atoms with Crippen molar-refractivity contribution in [2.45, 2.75) is 26.7 Å². The van der Waals surface area contributed by atoms with Gasteiger partial charge in [-0.2, -0.15) is 0 Å². The molecule has 0 saturated carbocycles. The molecule has 106 valence electrons. The zero-order valence-electron chi connectivity index (χ0n) is 12.4. The highest BCUT2D eigenvalue weighted by Gasteiger charge is 2.09. The first kappa shape index (κ1) is 14.3. The largest absolute Gasteiger partial charge is 0.497 e. The summed E-state index contributed by atoms with van der Waals surface area (Å²) < 4.78 is 11.2. The Labute approximate surface area is 120 Å². The van der Waals surface area contributed by atoms with Crippen LogP contribution in [0.1, 0.15) is 30.9 Å². The number of rotatable bonds is 4. The van der Waals surface area contributed by atoms with Gasteiger partial charge in [0, 0.05) is 6.07 Å². The third kappa shape index (κ3) is 3.05. The van der Waals surface area contributed by atoms with Gasteiger partial charge in [0.1, 0.15) is 11.5 Å². The topological polar surface area (TPSA) is 44.5 Å². The molecule has 2 N–H and O–H groups in total. The summed E-state index contributed by atoms with van der Waals surface area (Å²) in [5.74, 6) is 2.64. The summed E-state index contributed by atoms with van der Waals surface area (Å²) in [5.41, 5.74) is 8.88. The molecular formula is C17H21NO2. The maximum Gasteiger partial charge on any atom is 0.154 e. The third-order valence-corrected chi connectivity index (χ3v) is 3.32. The second-order valence-electron chi connectivity index (χ2n) is 5.19. The minimum Gasteiger partial charge on any atom is -0.497 e. The van der Waals surface area contributed by atoms with Crippen LogP contribution in [-0.4, -0.2) is 7.11 Å². The molecule has 0 unspecified atom stereocenters. The van der Waals surface area contributed by atoms with Crippen LogP contribution >= 0.6 is 0 Å². The first-order chi connectivity index (χ1) is 9.51. The molecule has 0 bridgehead atoms. The highest BCUT2D eigenvalue weighted by Crippen LogP contribution is 2.34. The Kier molecular flexibility index (Phi) is 4.18. The molecule has 20 heavy (non-hydrogen) atoms. The average molecular weight is 271 g/mol. The van der Waals surface area contributed by atoms with Crippen LogP contribution in [0.25, 0.3) is 0 Å². The van der Waals surface area contributed by atoms with Gasteiger partial charge in [-0.15, -0.1) is 0 Å². The minimum absolute atomic E-state index is 0.459. The van der Waals surface area contributed by atoms with Crippen molar-refractivity contribution in [2.75, 3.05) is 12.8 Å². The third-order valence-electron chi connectivity index (χ3n) is 3.32. The van der Waals surface area contributed by atoms with Gasteiger partial charge in [0.2, 0.25) is 0 Å². The van der Waals surface area contributed by atoms with Crippen LogP contribution in [0.2, 0.25) is 0 Å². The van der Waals surface area contributed by atoms with E-state index < -0.39 is 0 Å². The van der Waals surface area contributed by atoms with Crippen LogP contribution in [0, 0.1) is 6.92 Å². The zero-order valence-corrected chi connectivity index (χ0v) is 12.4. The molecule has 0 spiro atoms. The Morgan fingerprint density at radius 3 is 2.40 bits per heavy atom. The summed E-state index contributed by atoms with van der Waals surface area (Å²) in [6, 6.07) is 11.7. The van der Waals surface area contributed by atoms with Gasteiger partial charge in [0.25, 0.3) is 0 Å². The molecule has 0 aliphatic heterocycles. The second kappa shape index (κ2) is 5.87. The van der Waals surface area contributed by atoms with E-state index in [1.165, 1.54) is 5.56 Å². The summed E-state index contributed by atoms with van der Waals surface area (Å²) in [4.78, 5) is 0. The van der Waals surface area contributed by atoms with Crippen molar-refractivity contribution >= 4 is 5.69 Å².